The van der Waals surface area contributed by atoms with Gasteiger partial charge in [-0.3, -0.25) is 0 Å². The summed E-state index contributed by atoms with van der Waals surface area (Å²) < 4.78 is 5.53. The number of rotatable bonds is 4. The second-order valence-corrected chi connectivity index (χ2v) is 5.77. The number of ether oxygens (including phenoxy) is 1. The third-order valence-corrected chi connectivity index (χ3v) is 4.57. The molecule has 1 N–H and O–H groups in total. The minimum absolute atomic E-state index is 0.594. The van der Waals surface area contributed by atoms with Crippen LogP contribution < -0.4 is 10.1 Å². The van der Waals surface area contributed by atoms with Crippen LogP contribution in [0.4, 0.5) is 0 Å². The molecule has 1 aromatic carbocycles. The van der Waals surface area contributed by atoms with E-state index < -0.39 is 0 Å². The van der Waals surface area contributed by atoms with Crippen LogP contribution >= 0.6 is 0 Å². The van der Waals surface area contributed by atoms with Gasteiger partial charge < -0.3 is 15.0 Å². The van der Waals surface area contributed by atoms with E-state index in [1.54, 1.807) is 7.11 Å². The average molecular weight is 260 g/mol. The third-order valence-electron chi connectivity index (χ3n) is 4.57. The monoisotopic (exact) mass is 260 g/mol. The van der Waals surface area contributed by atoms with Crippen LogP contribution in [0, 0.1) is 5.92 Å². The van der Waals surface area contributed by atoms with Crippen LogP contribution in [0.15, 0.2) is 24.3 Å². The molecule has 2 fully saturated rings. The fourth-order valence-electron chi connectivity index (χ4n) is 3.56. The Morgan fingerprint density at radius 3 is 2.79 bits per heavy atom. The normalized spacial score (nSPS) is 27.8. The highest BCUT2D eigenvalue weighted by Gasteiger charge is 2.32. The van der Waals surface area contributed by atoms with E-state index in [9.17, 15) is 0 Å². The van der Waals surface area contributed by atoms with Gasteiger partial charge in [-0.2, -0.15) is 0 Å². The van der Waals surface area contributed by atoms with Gasteiger partial charge in [-0.1, -0.05) is 18.2 Å². The molecule has 0 radical (unpaired) electrons. The van der Waals surface area contributed by atoms with Gasteiger partial charge in [-0.15, -0.1) is 0 Å². The molecule has 3 nitrogen and oxygen atoms in total. The lowest BCUT2D eigenvalue weighted by Gasteiger charge is -2.25. The minimum Gasteiger partial charge on any atom is -0.496 e. The SMILES string of the molecule is COc1ccccc1C1CNCC1CN1CCCC1. The van der Waals surface area contributed by atoms with Gasteiger partial charge in [-0.25, -0.2) is 0 Å². The van der Waals surface area contributed by atoms with Gasteiger partial charge in [0.15, 0.2) is 0 Å². The number of hydrogen-bond acceptors (Lipinski definition) is 3. The van der Waals surface area contributed by atoms with Gasteiger partial charge in [0.05, 0.1) is 7.11 Å². The molecule has 1 aromatic rings. The zero-order valence-corrected chi connectivity index (χ0v) is 11.8. The Hall–Kier alpha value is -1.06. The van der Waals surface area contributed by atoms with E-state index in [0.29, 0.717) is 5.92 Å². The molecule has 19 heavy (non-hydrogen) atoms. The fraction of sp³-hybridized carbons (Fsp3) is 0.625. The summed E-state index contributed by atoms with van der Waals surface area (Å²) in [7, 11) is 1.77. The molecule has 0 aliphatic carbocycles. The maximum Gasteiger partial charge on any atom is 0.122 e. The Bertz CT molecular complexity index is 415. The van der Waals surface area contributed by atoms with Crippen LogP contribution in [-0.2, 0) is 0 Å². The Morgan fingerprint density at radius 2 is 2.00 bits per heavy atom. The zero-order valence-electron chi connectivity index (χ0n) is 11.8. The molecule has 2 aliphatic rings. The molecule has 2 unspecified atom stereocenters. The maximum absolute atomic E-state index is 5.53. The topological polar surface area (TPSA) is 24.5 Å². The summed E-state index contributed by atoms with van der Waals surface area (Å²) in [6, 6.07) is 8.50. The second kappa shape index (κ2) is 5.93. The summed E-state index contributed by atoms with van der Waals surface area (Å²) >= 11 is 0. The summed E-state index contributed by atoms with van der Waals surface area (Å²) in [5.74, 6) is 2.36. The Kier molecular flexibility index (Phi) is 4.04. The van der Waals surface area contributed by atoms with Gasteiger partial charge in [0.25, 0.3) is 0 Å². The van der Waals surface area contributed by atoms with E-state index in [4.69, 9.17) is 4.74 Å². The largest absolute Gasteiger partial charge is 0.496 e. The van der Waals surface area contributed by atoms with Crippen LogP contribution in [0.3, 0.4) is 0 Å². The summed E-state index contributed by atoms with van der Waals surface area (Å²) in [5, 5.41) is 3.56. The van der Waals surface area contributed by atoms with Gasteiger partial charge in [0.1, 0.15) is 5.75 Å². The lowest BCUT2D eigenvalue weighted by atomic mass is 9.88. The predicted octanol–water partition coefficient (Wildman–Crippen LogP) is 2.09. The molecular weight excluding hydrogens is 236 g/mol. The van der Waals surface area contributed by atoms with Gasteiger partial charge in [0, 0.05) is 19.0 Å². The van der Waals surface area contributed by atoms with Crippen molar-refractivity contribution < 1.29 is 4.74 Å². The standard InChI is InChI=1S/C16H24N2O/c1-19-16-7-3-2-6-14(16)15-11-17-10-13(15)12-18-8-4-5-9-18/h2-3,6-7,13,15,17H,4-5,8-12H2,1H3. The number of hydrogen-bond donors (Lipinski definition) is 1. The van der Waals surface area contributed by atoms with Crippen molar-refractivity contribution in [2.75, 3.05) is 39.8 Å². The summed E-state index contributed by atoms with van der Waals surface area (Å²) in [4.78, 5) is 2.63. The molecule has 0 amide bonds. The fourth-order valence-corrected chi connectivity index (χ4v) is 3.56. The predicted molar refractivity (Wildman–Crippen MR) is 77.8 cm³/mol. The second-order valence-electron chi connectivity index (χ2n) is 5.77. The van der Waals surface area contributed by atoms with E-state index in [-0.39, 0.29) is 0 Å². The highest BCUT2D eigenvalue weighted by atomic mass is 16.5. The van der Waals surface area contributed by atoms with Crippen molar-refractivity contribution in [1.29, 1.82) is 0 Å². The van der Waals surface area contributed by atoms with E-state index >= 15 is 0 Å². The van der Waals surface area contributed by atoms with Crippen LogP contribution in [0.5, 0.6) is 5.75 Å². The Balaban J connectivity index is 1.74. The van der Waals surface area contributed by atoms with Crippen molar-refractivity contribution in [3.63, 3.8) is 0 Å². The lowest BCUT2D eigenvalue weighted by molar-refractivity contribution is 0.274. The van der Waals surface area contributed by atoms with Crippen molar-refractivity contribution in [3.8, 4) is 5.75 Å². The molecule has 2 saturated heterocycles. The number of para-hydroxylation sites is 1. The number of nitrogens with zero attached hydrogens (tertiary/aromatic N) is 1. The Labute approximate surface area is 115 Å². The first-order valence-electron chi connectivity index (χ1n) is 7.44. The quantitative estimate of drug-likeness (QED) is 0.897. The molecule has 2 aliphatic heterocycles. The minimum atomic E-state index is 0.594. The van der Waals surface area contributed by atoms with Crippen LogP contribution in [0.25, 0.3) is 0 Å². The van der Waals surface area contributed by atoms with Gasteiger partial charge in [-0.05, 0) is 50.0 Å². The van der Waals surface area contributed by atoms with Crippen LogP contribution in [0.2, 0.25) is 0 Å². The van der Waals surface area contributed by atoms with Crippen molar-refractivity contribution in [2.24, 2.45) is 5.92 Å². The van der Waals surface area contributed by atoms with Gasteiger partial charge >= 0.3 is 0 Å². The molecule has 2 heterocycles. The van der Waals surface area contributed by atoms with Crippen molar-refractivity contribution in [3.05, 3.63) is 29.8 Å². The molecule has 0 spiro atoms. The molecule has 3 rings (SSSR count). The molecule has 0 aromatic heterocycles. The zero-order chi connectivity index (χ0) is 13.1. The molecule has 2 atom stereocenters. The number of methoxy groups -OCH3 is 1. The Morgan fingerprint density at radius 1 is 1.21 bits per heavy atom. The van der Waals surface area contributed by atoms with E-state index in [1.165, 1.54) is 38.0 Å². The summed E-state index contributed by atoms with van der Waals surface area (Å²) in [5.41, 5.74) is 1.37. The smallest absolute Gasteiger partial charge is 0.122 e. The average Bonchev–Trinajstić information content (AvgIpc) is 3.11. The van der Waals surface area contributed by atoms with Crippen molar-refractivity contribution in [1.82, 2.24) is 10.2 Å². The van der Waals surface area contributed by atoms with E-state index in [0.717, 1.165) is 24.8 Å². The van der Waals surface area contributed by atoms with Gasteiger partial charge in [0.2, 0.25) is 0 Å². The van der Waals surface area contributed by atoms with Crippen LogP contribution in [-0.4, -0.2) is 44.7 Å². The maximum atomic E-state index is 5.53. The lowest BCUT2D eigenvalue weighted by Crippen LogP contribution is -2.30. The number of benzene rings is 1. The van der Waals surface area contributed by atoms with E-state index in [1.807, 2.05) is 0 Å². The molecule has 0 saturated carbocycles. The summed E-state index contributed by atoms with van der Waals surface area (Å²) in [6.07, 6.45) is 2.75. The van der Waals surface area contributed by atoms with E-state index in [2.05, 4.69) is 34.5 Å². The first-order valence-corrected chi connectivity index (χ1v) is 7.44. The number of likely N-dealkylation sites (tertiary alicyclic amines) is 1. The van der Waals surface area contributed by atoms with Crippen LogP contribution in [0.1, 0.15) is 24.3 Å². The summed E-state index contributed by atoms with van der Waals surface area (Å²) in [6.45, 7) is 6.03. The highest BCUT2D eigenvalue weighted by molar-refractivity contribution is 5.37. The van der Waals surface area contributed by atoms with Crippen molar-refractivity contribution >= 4 is 0 Å². The third kappa shape index (κ3) is 2.77. The molecule has 104 valence electrons. The molecule has 3 heteroatoms. The van der Waals surface area contributed by atoms with Crippen molar-refractivity contribution in [2.45, 2.75) is 18.8 Å². The molecular formula is C16H24N2O. The highest BCUT2D eigenvalue weighted by Crippen LogP contribution is 2.34. The first kappa shape index (κ1) is 12.9. The molecule has 0 bridgehead atoms. The first-order chi connectivity index (χ1) is 9.38. The number of nitrogens with one attached hydrogen (secondary N) is 1.